The largest absolute Gasteiger partial charge is 0.481 e. The van der Waals surface area contributed by atoms with Gasteiger partial charge in [-0.05, 0) is 56.8 Å². The third kappa shape index (κ3) is 23.2. The molecule has 1 aromatic heterocycles. The number of H-pyrrole nitrogens is 1. The fourth-order valence-electron chi connectivity index (χ4n) is 8.18. The summed E-state index contributed by atoms with van der Waals surface area (Å²) >= 11 is 0. The highest BCUT2D eigenvalue weighted by Crippen LogP contribution is 2.20. The number of amides is 10. The van der Waals surface area contributed by atoms with E-state index in [0.29, 0.717) is 5.69 Å². The molecular formula is C49H82N16O17. The number of carboxylic acids is 2. The van der Waals surface area contributed by atoms with Crippen molar-refractivity contribution in [2.45, 2.75) is 160 Å². The Morgan fingerprint density at radius 3 is 1.80 bits per heavy atom. The minimum atomic E-state index is -1.99. The number of aliphatic hydroxyl groups is 3. The molecule has 1 fully saturated rings. The molecule has 33 heteroatoms. The Morgan fingerprint density at radius 2 is 1.27 bits per heavy atom. The van der Waals surface area contributed by atoms with Crippen LogP contribution in [0.3, 0.4) is 0 Å². The zero-order valence-electron chi connectivity index (χ0n) is 46.9. The highest BCUT2D eigenvalue weighted by atomic mass is 16.4. The summed E-state index contributed by atoms with van der Waals surface area (Å²) in [6.45, 7) is 7.99. The van der Waals surface area contributed by atoms with Gasteiger partial charge in [-0.3, -0.25) is 57.7 Å². The van der Waals surface area contributed by atoms with Gasteiger partial charge in [0.25, 0.3) is 0 Å². The van der Waals surface area contributed by atoms with E-state index in [0.717, 1.165) is 11.8 Å². The predicted octanol–water partition coefficient (Wildman–Crippen LogP) is -7.40. The van der Waals surface area contributed by atoms with Crippen LogP contribution < -0.4 is 65.1 Å². The quantitative estimate of drug-likeness (QED) is 0.0171. The van der Waals surface area contributed by atoms with Gasteiger partial charge in [-0.1, -0.05) is 41.5 Å². The number of imidazole rings is 1. The van der Waals surface area contributed by atoms with Crippen LogP contribution >= 0.6 is 0 Å². The number of hydrogen-bond acceptors (Lipinski definition) is 18. The van der Waals surface area contributed by atoms with E-state index < -0.39 is 170 Å². The lowest BCUT2D eigenvalue weighted by Gasteiger charge is -2.31. The second-order valence-corrected chi connectivity index (χ2v) is 20.7. The summed E-state index contributed by atoms with van der Waals surface area (Å²) in [4.78, 5) is 170. The third-order valence-electron chi connectivity index (χ3n) is 12.7. The molecule has 21 N–H and O–H groups in total. The molecule has 0 radical (unpaired) electrons. The monoisotopic (exact) mass is 1170 g/mol. The summed E-state index contributed by atoms with van der Waals surface area (Å²) in [5.74, 6) is -14.2. The fourth-order valence-corrected chi connectivity index (χ4v) is 8.18. The second kappa shape index (κ2) is 34.3. The number of nitrogens with zero attached hydrogens (tertiary/aromatic N) is 3. The molecule has 0 aliphatic carbocycles. The first-order chi connectivity index (χ1) is 38.4. The average molecular weight is 1170 g/mol. The number of aromatic nitrogens is 2. The van der Waals surface area contributed by atoms with Crippen molar-refractivity contribution in [2.75, 3.05) is 32.8 Å². The van der Waals surface area contributed by atoms with Crippen LogP contribution in [0.15, 0.2) is 17.5 Å². The van der Waals surface area contributed by atoms with E-state index in [1.165, 1.54) is 12.5 Å². The first-order valence-electron chi connectivity index (χ1n) is 26.5. The number of nitrogens with two attached hydrogens (primary N) is 3. The molecule has 10 amide bonds. The van der Waals surface area contributed by atoms with Gasteiger partial charge in [-0.2, -0.15) is 0 Å². The van der Waals surface area contributed by atoms with Crippen molar-refractivity contribution in [1.82, 2.24) is 62.7 Å². The smallest absolute Gasteiger partial charge is 0.326 e. The number of aromatic amines is 1. The average Bonchev–Trinajstić information content (AvgIpc) is 4.26. The van der Waals surface area contributed by atoms with E-state index in [9.17, 15) is 83.1 Å². The van der Waals surface area contributed by atoms with E-state index >= 15 is 0 Å². The first kappa shape index (κ1) is 70.1. The molecule has 0 bridgehead atoms. The molecule has 2 heterocycles. The van der Waals surface area contributed by atoms with Gasteiger partial charge in [0.15, 0.2) is 5.96 Å². The summed E-state index contributed by atoms with van der Waals surface area (Å²) in [6.07, 6.45) is -0.104. The molecule has 1 aliphatic rings. The second-order valence-electron chi connectivity index (χ2n) is 20.7. The molecule has 0 unspecified atom stereocenters. The predicted molar refractivity (Wildman–Crippen MR) is 288 cm³/mol. The van der Waals surface area contributed by atoms with E-state index in [4.69, 9.17) is 17.2 Å². The fraction of sp³-hybridized carbons (Fsp3) is 0.673. The van der Waals surface area contributed by atoms with Crippen LogP contribution in [0, 0.1) is 17.8 Å². The van der Waals surface area contributed by atoms with E-state index in [-0.39, 0.29) is 69.4 Å². The van der Waals surface area contributed by atoms with Crippen LogP contribution in [0.5, 0.6) is 0 Å². The van der Waals surface area contributed by atoms with Gasteiger partial charge in [0.05, 0.1) is 44.7 Å². The van der Waals surface area contributed by atoms with Gasteiger partial charge >= 0.3 is 11.9 Å². The molecule has 460 valence electrons. The molecule has 1 saturated heterocycles. The summed E-state index contributed by atoms with van der Waals surface area (Å²) in [7, 11) is 0. The molecule has 0 aromatic carbocycles. The SMILES string of the molecule is CC(C)C[C@H](NC(=O)[C@H](Cc1cnc[nH]1)NC(=O)[C@H](CCCN=C(N)N)NC(=O)[C@@H]1CCCN1C(=O)[C@H](CO)NC(=O)[C@@H](NC(=O)[C@H](CC(=O)O)NC(=O)CNC(=O)[C@H](CO)NC(=O)[C@@H](NC(=O)[C@@H](N)C(C)C)C(C)C)[C@@H](C)O)C(=O)O. The molecule has 11 atom stereocenters. The molecule has 2 rings (SSSR count). The number of guanidine groups is 1. The molecule has 1 aliphatic heterocycles. The van der Waals surface area contributed by atoms with Gasteiger partial charge in [-0.25, -0.2) is 9.78 Å². The minimum absolute atomic E-state index is 0.0000994. The lowest BCUT2D eigenvalue weighted by molar-refractivity contribution is -0.144. The maximum atomic E-state index is 14.1. The number of likely N-dealkylation sites (tertiary alicyclic amines) is 1. The normalized spacial score (nSPS) is 16.8. The topological polar surface area (TPSA) is 537 Å². The van der Waals surface area contributed by atoms with E-state index in [1.54, 1.807) is 41.5 Å². The van der Waals surface area contributed by atoms with Crippen molar-refractivity contribution in [1.29, 1.82) is 0 Å². The van der Waals surface area contributed by atoms with E-state index in [2.05, 4.69) is 62.8 Å². The molecule has 1 aromatic rings. The Balaban J connectivity index is 2.25. The van der Waals surface area contributed by atoms with E-state index in [1.807, 2.05) is 0 Å². The molecular weight excluding hydrogens is 1080 g/mol. The van der Waals surface area contributed by atoms with Crippen molar-refractivity contribution < 1.29 is 83.1 Å². The maximum absolute atomic E-state index is 14.1. The maximum Gasteiger partial charge on any atom is 0.326 e. The lowest BCUT2D eigenvalue weighted by Crippen LogP contribution is -2.62. The van der Waals surface area contributed by atoms with Crippen LogP contribution in [0.2, 0.25) is 0 Å². The summed E-state index contributed by atoms with van der Waals surface area (Å²) in [5.41, 5.74) is 17.2. The van der Waals surface area contributed by atoms with Crippen molar-refractivity contribution in [2.24, 2.45) is 39.9 Å². The van der Waals surface area contributed by atoms with Crippen molar-refractivity contribution in [3.05, 3.63) is 18.2 Å². The van der Waals surface area contributed by atoms with Crippen LogP contribution in [0.1, 0.15) is 92.7 Å². The van der Waals surface area contributed by atoms with Gasteiger partial charge in [0.2, 0.25) is 59.1 Å². The van der Waals surface area contributed by atoms with Gasteiger partial charge in [0.1, 0.15) is 54.4 Å². The lowest BCUT2D eigenvalue weighted by atomic mass is 10.00. The molecule has 0 spiro atoms. The Labute approximate surface area is 472 Å². The van der Waals surface area contributed by atoms with Gasteiger partial charge < -0.3 is 100 Å². The number of nitrogens with one attached hydrogen (secondary N) is 10. The number of hydrogen-bond donors (Lipinski definition) is 18. The number of aliphatic hydroxyl groups excluding tert-OH is 3. The van der Waals surface area contributed by atoms with Gasteiger partial charge in [0, 0.05) is 31.4 Å². The molecule has 82 heavy (non-hydrogen) atoms. The number of carbonyl (C=O) groups is 12. The first-order valence-corrected chi connectivity index (χ1v) is 26.5. The number of aliphatic carboxylic acids is 2. The van der Waals surface area contributed by atoms with Crippen molar-refractivity contribution >= 4 is 77.0 Å². The third-order valence-corrected chi connectivity index (χ3v) is 12.7. The highest BCUT2D eigenvalue weighted by molar-refractivity contribution is 5.99. The Hall–Kier alpha value is -8.04. The van der Waals surface area contributed by atoms with Crippen LogP contribution in [0.4, 0.5) is 0 Å². The van der Waals surface area contributed by atoms with Gasteiger partial charge in [-0.15, -0.1) is 0 Å². The standard InChI is InChI=1S/C49H82N16O17/c1-22(2)14-30(48(81)82)60-41(74)28(15-26-17-53-21-56-26)59-40(73)27(10-8-12-54-49(51)52)58-43(76)33-11-9-13-65(33)47(80)32(20-67)62-46(79)38(25(7)68)64-42(75)29(16-35(70)71)57-34(69)18-55-39(72)31(19-66)61-45(78)37(24(5)6)63-44(77)36(50)23(3)4/h17,21-25,27-33,36-38,66-68H,8-16,18-20,50H2,1-7H3,(H,53,56)(H,55,72)(H,57,69)(H,58,76)(H,59,73)(H,60,74)(H,61,78)(H,62,79)(H,63,77)(H,64,75)(H,70,71)(H,81,82)(H4,51,52,54)/t25-,27+,28+,29+,30+,31+,32+,33+,36+,37+,38+/m1/s1. The Kier molecular flexibility index (Phi) is 29.3. The Morgan fingerprint density at radius 1 is 0.695 bits per heavy atom. The van der Waals surface area contributed by atoms with Crippen LogP contribution in [-0.4, -0.2) is 217 Å². The number of aliphatic imine (C=N–C) groups is 1. The van der Waals surface area contributed by atoms with Crippen molar-refractivity contribution in [3.8, 4) is 0 Å². The summed E-state index contributed by atoms with van der Waals surface area (Å²) < 4.78 is 0. The number of carbonyl (C=O) groups excluding carboxylic acids is 10. The summed E-state index contributed by atoms with van der Waals surface area (Å²) in [6, 6.07) is -15.1. The van der Waals surface area contributed by atoms with Crippen LogP contribution in [-0.2, 0) is 64.0 Å². The zero-order chi connectivity index (χ0) is 62.1. The summed E-state index contributed by atoms with van der Waals surface area (Å²) in [5, 5.41) is 71.1. The number of rotatable bonds is 35. The van der Waals surface area contributed by atoms with Crippen molar-refractivity contribution in [3.63, 3.8) is 0 Å². The molecule has 33 nitrogen and oxygen atoms in total. The molecule has 0 saturated carbocycles. The zero-order valence-corrected chi connectivity index (χ0v) is 46.9. The highest BCUT2D eigenvalue weighted by Gasteiger charge is 2.41. The van der Waals surface area contributed by atoms with Crippen LogP contribution in [0.25, 0.3) is 0 Å². The minimum Gasteiger partial charge on any atom is -0.481 e. The number of carboxylic acid groups (broad SMARTS) is 2. The Bertz CT molecular complexity index is 2400.